The van der Waals surface area contributed by atoms with Gasteiger partial charge in [0.25, 0.3) is 0 Å². The topological polar surface area (TPSA) is 29.0 Å². The Bertz CT molecular complexity index is 304. The van der Waals surface area contributed by atoms with E-state index in [1.54, 1.807) is 0 Å². The highest BCUT2D eigenvalue weighted by Crippen LogP contribution is 2.21. The van der Waals surface area contributed by atoms with Crippen LogP contribution in [0.1, 0.15) is 18.4 Å². The van der Waals surface area contributed by atoms with Crippen molar-refractivity contribution in [1.29, 1.82) is 0 Å². The Labute approximate surface area is 95.5 Å². The Morgan fingerprint density at radius 3 is 2.47 bits per heavy atom. The van der Waals surface area contributed by atoms with E-state index < -0.39 is 0 Å². The number of aromatic nitrogens is 2. The second-order valence-corrected chi connectivity index (χ2v) is 4.45. The van der Waals surface area contributed by atoms with Gasteiger partial charge in [0.05, 0.1) is 0 Å². The molecule has 0 radical (unpaired) electrons. The number of anilines is 1. The molecule has 82 valence electrons. The number of piperidine rings is 1. The van der Waals surface area contributed by atoms with Crippen molar-refractivity contribution >= 4 is 17.5 Å². The third-order valence-corrected chi connectivity index (χ3v) is 3.32. The maximum absolute atomic E-state index is 5.85. The molecule has 3 nitrogen and oxygen atoms in total. The van der Waals surface area contributed by atoms with Crippen molar-refractivity contribution in [3.05, 3.63) is 18.0 Å². The maximum atomic E-state index is 5.85. The summed E-state index contributed by atoms with van der Waals surface area (Å²) in [4.78, 5) is 10.9. The second-order valence-electron chi connectivity index (χ2n) is 4.15. The molecule has 1 fully saturated rings. The van der Waals surface area contributed by atoms with Gasteiger partial charge in [-0.05, 0) is 31.2 Å². The number of nitrogens with zero attached hydrogens (tertiary/aromatic N) is 3. The van der Waals surface area contributed by atoms with Gasteiger partial charge >= 0.3 is 0 Å². The average molecular weight is 226 g/mol. The van der Waals surface area contributed by atoms with Crippen LogP contribution in [0.4, 0.5) is 5.95 Å². The third kappa shape index (κ3) is 2.59. The van der Waals surface area contributed by atoms with Crippen molar-refractivity contribution in [2.75, 3.05) is 23.9 Å². The molecule has 4 heteroatoms. The van der Waals surface area contributed by atoms with Crippen LogP contribution in [0.5, 0.6) is 0 Å². The number of hydrogen-bond donors (Lipinski definition) is 0. The molecule has 0 spiro atoms. The Morgan fingerprint density at radius 1 is 1.33 bits per heavy atom. The average Bonchev–Trinajstić information content (AvgIpc) is 2.30. The van der Waals surface area contributed by atoms with Crippen molar-refractivity contribution < 1.29 is 0 Å². The monoisotopic (exact) mass is 225 g/mol. The smallest absolute Gasteiger partial charge is 0.225 e. The van der Waals surface area contributed by atoms with Crippen molar-refractivity contribution in [3.63, 3.8) is 0 Å². The molecule has 0 bridgehead atoms. The van der Waals surface area contributed by atoms with Gasteiger partial charge in [0.1, 0.15) is 0 Å². The second kappa shape index (κ2) is 4.79. The first-order valence-corrected chi connectivity index (χ1v) is 5.92. The molecule has 0 saturated carbocycles. The summed E-state index contributed by atoms with van der Waals surface area (Å²) < 4.78 is 0. The van der Waals surface area contributed by atoms with Gasteiger partial charge < -0.3 is 4.90 Å². The molecule has 0 amide bonds. The van der Waals surface area contributed by atoms with Gasteiger partial charge in [-0.25, -0.2) is 9.97 Å². The van der Waals surface area contributed by atoms with Gasteiger partial charge in [-0.2, -0.15) is 0 Å². The minimum Gasteiger partial charge on any atom is -0.341 e. The van der Waals surface area contributed by atoms with Crippen LogP contribution >= 0.6 is 11.6 Å². The Hall–Kier alpha value is -0.830. The lowest BCUT2D eigenvalue weighted by Crippen LogP contribution is -2.35. The lowest BCUT2D eigenvalue weighted by atomic mass is 9.99. The molecule has 1 aliphatic rings. The predicted molar refractivity (Wildman–Crippen MR) is 62.4 cm³/mol. The molecule has 2 heterocycles. The van der Waals surface area contributed by atoms with Gasteiger partial charge in [0.15, 0.2) is 0 Å². The van der Waals surface area contributed by atoms with Crippen LogP contribution in [0.15, 0.2) is 12.4 Å². The summed E-state index contributed by atoms with van der Waals surface area (Å²) in [7, 11) is 0. The van der Waals surface area contributed by atoms with Gasteiger partial charge in [-0.3, -0.25) is 0 Å². The van der Waals surface area contributed by atoms with E-state index in [0.717, 1.165) is 43.3 Å². The molecular weight excluding hydrogens is 210 g/mol. The fourth-order valence-electron chi connectivity index (χ4n) is 1.84. The highest BCUT2D eigenvalue weighted by Gasteiger charge is 2.19. The Kier molecular flexibility index (Phi) is 3.41. The molecule has 1 aliphatic heterocycles. The largest absolute Gasteiger partial charge is 0.341 e. The summed E-state index contributed by atoms with van der Waals surface area (Å²) in [6.45, 7) is 4.06. The lowest BCUT2D eigenvalue weighted by Gasteiger charge is -2.30. The zero-order valence-corrected chi connectivity index (χ0v) is 9.74. The zero-order valence-electron chi connectivity index (χ0n) is 8.99. The highest BCUT2D eigenvalue weighted by molar-refractivity contribution is 6.18. The minimum atomic E-state index is 0.674. The van der Waals surface area contributed by atoms with Crippen molar-refractivity contribution in [1.82, 2.24) is 9.97 Å². The summed E-state index contributed by atoms with van der Waals surface area (Å²) in [5.74, 6) is 2.31. The van der Waals surface area contributed by atoms with Crippen LogP contribution in [0, 0.1) is 12.8 Å². The summed E-state index contributed by atoms with van der Waals surface area (Å²) in [5, 5.41) is 0. The highest BCUT2D eigenvalue weighted by atomic mass is 35.5. The van der Waals surface area contributed by atoms with E-state index in [9.17, 15) is 0 Å². The van der Waals surface area contributed by atoms with E-state index in [1.807, 2.05) is 19.3 Å². The standard InChI is InChI=1S/C11H16ClN3/c1-9-7-13-11(14-8-9)15-4-2-10(6-12)3-5-15/h7-8,10H,2-6H2,1H3. The molecule has 0 aromatic carbocycles. The summed E-state index contributed by atoms with van der Waals surface area (Å²) >= 11 is 5.85. The SMILES string of the molecule is Cc1cnc(N2CCC(CCl)CC2)nc1. The third-order valence-electron chi connectivity index (χ3n) is 2.88. The van der Waals surface area contributed by atoms with Crippen LogP contribution in [0.2, 0.25) is 0 Å². The van der Waals surface area contributed by atoms with Gasteiger partial charge in [0, 0.05) is 31.4 Å². The summed E-state index contributed by atoms with van der Waals surface area (Å²) in [5.41, 5.74) is 1.11. The molecule has 0 atom stereocenters. The van der Waals surface area contributed by atoms with Gasteiger partial charge in [-0.1, -0.05) is 0 Å². The molecule has 15 heavy (non-hydrogen) atoms. The van der Waals surface area contributed by atoms with E-state index in [2.05, 4.69) is 14.9 Å². The minimum absolute atomic E-state index is 0.674. The van der Waals surface area contributed by atoms with Gasteiger partial charge in [-0.15, -0.1) is 11.6 Å². The fraction of sp³-hybridized carbons (Fsp3) is 0.636. The van der Waals surface area contributed by atoms with Crippen LogP contribution in [-0.2, 0) is 0 Å². The maximum Gasteiger partial charge on any atom is 0.225 e. The fourth-order valence-corrected chi connectivity index (χ4v) is 2.14. The number of rotatable bonds is 2. The quantitative estimate of drug-likeness (QED) is 0.723. The molecule has 1 saturated heterocycles. The van der Waals surface area contributed by atoms with E-state index in [-0.39, 0.29) is 0 Å². The molecule has 0 unspecified atom stereocenters. The molecule has 0 aliphatic carbocycles. The number of hydrogen-bond acceptors (Lipinski definition) is 3. The Morgan fingerprint density at radius 2 is 1.93 bits per heavy atom. The molecule has 0 N–H and O–H groups in total. The molecule has 1 aromatic heterocycles. The molecule has 1 aromatic rings. The van der Waals surface area contributed by atoms with E-state index in [0.29, 0.717) is 5.92 Å². The van der Waals surface area contributed by atoms with E-state index in [4.69, 9.17) is 11.6 Å². The predicted octanol–water partition coefficient (Wildman–Crippen LogP) is 2.24. The first-order chi connectivity index (χ1) is 7.29. The van der Waals surface area contributed by atoms with Crippen LogP contribution in [0.25, 0.3) is 0 Å². The van der Waals surface area contributed by atoms with E-state index in [1.165, 1.54) is 0 Å². The molecular formula is C11H16ClN3. The Balaban J connectivity index is 1.98. The van der Waals surface area contributed by atoms with Crippen LogP contribution < -0.4 is 4.90 Å². The van der Waals surface area contributed by atoms with Crippen LogP contribution in [-0.4, -0.2) is 28.9 Å². The lowest BCUT2D eigenvalue weighted by molar-refractivity contribution is 0.438. The zero-order chi connectivity index (χ0) is 10.7. The van der Waals surface area contributed by atoms with E-state index >= 15 is 0 Å². The number of alkyl halides is 1. The van der Waals surface area contributed by atoms with Crippen molar-refractivity contribution in [2.45, 2.75) is 19.8 Å². The summed E-state index contributed by atoms with van der Waals surface area (Å²) in [6, 6.07) is 0. The normalized spacial score (nSPS) is 18.1. The summed E-state index contributed by atoms with van der Waals surface area (Å²) in [6.07, 6.45) is 6.05. The van der Waals surface area contributed by atoms with Gasteiger partial charge in [0.2, 0.25) is 5.95 Å². The van der Waals surface area contributed by atoms with Crippen molar-refractivity contribution in [2.24, 2.45) is 5.92 Å². The first kappa shape index (κ1) is 10.7. The van der Waals surface area contributed by atoms with Crippen LogP contribution in [0.3, 0.4) is 0 Å². The first-order valence-electron chi connectivity index (χ1n) is 5.39. The number of aryl methyl sites for hydroxylation is 1. The molecule has 2 rings (SSSR count). The number of halogens is 1. The van der Waals surface area contributed by atoms with Crippen molar-refractivity contribution in [3.8, 4) is 0 Å².